The van der Waals surface area contributed by atoms with E-state index in [1.165, 1.54) is 82.4 Å². The zero-order valence-corrected chi connectivity index (χ0v) is 42.3. The number of rotatable bonds is 14. The SMILES string of the molecule is C=C(/C=C\C)C(C)C.C=C/C=C(\C=C/C)N1CC(C)C1.C=CCC/C=C/SC.CC.CC.CC.CC.CC.CC1CCCC1.CCCCN(C)CCC.OO. The van der Waals surface area contributed by atoms with Crippen molar-refractivity contribution in [2.24, 2.45) is 17.8 Å². The molecule has 4 nitrogen and oxygen atoms in total. The van der Waals surface area contributed by atoms with E-state index >= 15 is 0 Å². The minimum Gasteiger partial charge on any atom is -0.371 e. The average Bonchev–Trinajstić information content (AvgIpc) is 3.71. The van der Waals surface area contributed by atoms with Crippen molar-refractivity contribution in [3.8, 4) is 0 Å². The highest BCUT2D eigenvalue weighted by Crippen LogP contribution is 2.23. The molecule has 1 saturated carbocycles. The quantitative estimate of drug-likeness (QED) is 0.0603. The van der Waals surface area contributed by atoms with Gasteiger partial charge in [0.1, 0.15) is 0 Å². The number of allylic oxidation sites excluding steroid dienone is 9. The Balaban J connectivity index is -0.0000000648. The maximum Gasteiger partial charge on any atom is 0.0362 e. The van der Waals surface area contributed by atoms with Crippen LogP contribution in [-0.2, 0) is 0 Å². The summed E-state index contributed by atoms with van der Waals surface area (Å²) in [7, 11) is 2.19. The molecule has 1 aliphatic heterocycles. The Kier molecular flexibility index (Phi) is 104. The largest absolute Gasteiger partial charge is 0.371 e. The zero-order valence-electron chi connectivity index (χ0n) is 41.4. The van der Waals surface area contributed by atoms with Crippen LogP contribution in [0, 0.1) is 17.8 Å². The summed E-state index contributed by atoms with van der Waals surface area (Å²) in [5.74, 6) is 2.49. The number of nitrogens with zero attached hydrogens (tertiary/aromatic N) is 2. The molecule has 1 heterocycles. The van der Waals surface area contributed by atoms with Crippen LogP contribution in [0.3, 0.4) is 0 Å². The van der Waals surface area contributed by atoms with Gasteiger partial charge in [0.05, 0.1) is 0 Å². The van der Waals surface area contributed by atoms with Crippen molar-refractivity contribution in [3.63, 3.8) is 0 Å². The lowest BCUT2D eigenvalue weighted by Gasteiger charge is -2.39. The predicted molar refractivity (Wildman–Crippen MR) is 267 cm³/mol. The second kappa shape index (κ2) is 76.8. The maximum atomic E-state index is 6.00. The van der Waals surface area contributed by atoms with Crippen LogP contribution >= 0.6 is 11.8 Å². The van der Waals surface area contributed by atoms with E-state index < -0.39 is 0 Å². The monoisotopic (exact) mass is 799 g/mol. The standard InChI is InChI=1S/C11H17N.C8H19N.C8H14.C7H12S.C6H12.5C2H6.H2O2/c1-4-6-11(7-5-2)12-8-10(3)9-12;1-4-6-8-9(3)7-5-2;1-5-6-8(4)7(2)3;1-3-4-5-6-7-8-2;1-6-4-2-3-5-6;6*1-2/h4-7,10H,1,8-9H2,2-3H3;4-8H2,1-3H3;5-7H,4H2,1-3H3;3,6-7H,1,4-5H2,2H3;6H,2-5H2,1H3;5*1-2H3;1-2H/b7-5-,11-6+;;6-5-;7-6+;;;;;;;. The highest BCUT2D eigenvalue weighted by molar-refractivity contribution is 8.01. The molecule has 2 fully saturated rings. The Labute approximate surface area is 355 Å². The molecule has 2 rings (SSSR count). The molecular formula is C50H106N2O2S. The fourth-order valence-electron chi connectivity index (χ4n) is 4.30. The van der Waals surface area contributed by atoms with Gasteiger partial charge in [0, 0.05) is 18.8 Å². The molecule has 0 aromatic carbocycles. The van der Waals surface area contributed by atoms with Gasteiger partial charge in [-0.15, -0.1) is 18.3 Å². The minimum absolute atomic E-state index is 0.589. The highest BCUT2D eigenvalue weighted by Gasteiger charge is 2.22. The highest BCUT2D eigenvalue weighted by atomic mass is 32.2. The molecule has 0 spiro atoms. The second-order valence-electron chi connectivity index (χ2n) is 12.1. The van der Waals surface area contributed by atoms with E-state index in [2.05, 4.69) is 114 Å². The molecule has 0 aromatic rings. The van der Waals surface area contributed by atoms with Crippen LogP contribution in [0.15, 0.2) is 85.0 Å². The van der Waals surface area contributed by atoms with E-state index in [-0.39, 0.29) is 0 Å². The topological polar surface area (TPSA) is 46.9 Å². The van der Waals surface area contributed by atoms with Gasteiger partial charge in [-0.05, 0) is 101 Å². The van der Waals surface area contributed by atoms with Gasteiger partial charge in [-0.3, -0.25) is 10.5 Å². The second-order valence-corrected chi connectivity index (χ2v) is 12.8. The third-order valence-corrected chi connectivity index (χ3v) is 7.55. The Morgan fingerprint density at radius 1 is 0.782 bits per heavy atom. The molecule has 0 bridgehead atoms. The summed E-state index contributed by atoms with van der Waals surface area (Å²) < 4.78 is 0. The Morgan fingerprint density at radius 3 is 1.53 bits per heavy atom. The van der Waals surface area contributed by atoms with Crippen LogP contribution in [-0.4, -0.2) is 59.8 Å². The number of likely N-dealkylation sites (tertiary alicyclic amines) is 1. The van der Waals surface area contributed by atoms with E-state index in [9.17, 15) is 0 Å². The summed E-state index contributed by atoms with van der Waals surface area (Å²) in [6, 6.07) is 0. The van der Waals surface area contributed by atoms with E-state index in [0.29, 0.717) is 5.92 Å². The normalized spacial score (nSPS) is 12.6. The van der Waals surface area contributed by atoms with E-state index in [0.717, 1.165) is 24.7 Å². The summed E-state index contributed by atoms with van der Waals surface area (Å²) in [6.07, 6.45) is 30.4. The molecule has 0 aromatic heterocycles. The first-order valence-electron chi connectivity index (χ1n) is 22.3. The molecule has 0 unspecified atom stereocenters. The van der Waals surface area contributed by atoms with Crippen molar-refractivity contribution >= 4 is 11.8 Å². The molecule has 0 amide bonds. The summed E-state index contributed by atoms with van der Waals surface area (Å²) in [5, 5.41) is 14.1. The predicted octanol–water partition coefficient (Wildman–Crippen LogP) is 17.7. The molecule has 2 N–H and O–H groups in total. The molecule has 1 aliphatic carbocycles. The molecule has 1 saturated heterocycles. The smallest absolute Gasteiger partial charge is 0.0362 e. The maximum absolute atomic E-state index is 6.00. The van der Waals surface area contributed by atoms with Crippen LogP contribution in [0.25, 0.3) is 0 Å². The lowest BCUT2D eigenvalue weighted by Crippen LogP contribution is -2.43. The molecule has 5 heteroatoms. The van der Waals surface area contributed by atoms with Gasteiger partial charge in [0.15, 0.2) is 0 Å². The van der Waals surface area contributed by atoms with Crippen LogP contribution in [0.5, 0.6) is 0 Å². The minimum atomic E-state index is 0.589. The molecule has 55 heavy (non-hydrogen) atoms. The molecule has 334 valence electrons. The van der Waals surface area contributed by atoms with Crippen molar-refractivity contribution in [3.05, 3.63) is 85.0 Å². The first-order chi connectivity index (χ1) is 26.6. The third kappa shape index (κ3) is 73.9. The fraction of sp³-hybridized carbons (Fsp3) is 0.720. The Bertz CT molecular complexity index is 760. The van der Waals surface area contributed by atoms with Crippen molar-refractivity contribution in [1.82, 2.24) is 9.80 Å². The van der Waals surface area contributed by atoms with Gasteiger partial charge in [0.25, 0.3) is 0 Å². The van der Waals surface area contributed by atoms with E-state index in [4.69, 9.17) is 10.5 Å². The van der Waals surface area contributed by atoms with Gasteiger partial charge in [-0.1, -0.05) is 198 Å². The average molecular weight is 799 g/mol. The number of thioether (sulfide) groups is 1. The van der Waals surface area contributed by atoms with Gasteiger partial charge in [-0.25, -0.2) is 0 Å². The van der Waals surface area contributed by atoms with Gasteiger partial charge < -0.3 is 9.80 Å². The lowest BCUT2D eigenvalue weighted by molar-refractivity contribution is -0.176. The summed E-state index contributed by atoms with van der Waals surface area (Å²) in [4.78, 5) is 4.76. The van der Waals surface area contributed by atoms with Gasteiger partial charge >= 0.3 is 0 Å². The number of unbranched alkanes of at least 4 members (excludes halogenated alkanes) is 2. The van der Waals surface area contributed by atoms with E-state index in [1.807, 2.05) is 107 Å². The van der Waals surface area contributed by atoms with Crippen molar-refractivity contribution in [2.45, 2.75) is 182 Å². The number of hydrogen-bond acceptors (Lipinski definition) is 5. The lowest BCUT2D eigenvalue weighted by atomic mass is 10.0. The molecule has 0 radical (unpaired) electrons. The van der Waals surface area contributed by atoms with Crippen LogP contribution in [0.4, 0.5) is 0 Å². The van der Waals surface area contributed by atoms with Crippen LogP contribution < -0.4 is 0 Å². The molecular weight excluding hydrogens is 693 g/mol. The summed E-state index contributed by atoms with van der Waals surface area (Å²) in [5.41, 5.74) is 2.48. The Hall–Kier alpha value is -1.79. The third-order valence-electron chi connectivity index (χ3n) is 7.09. The van der Waals surface area contributed by atoms with Crippen LogP contribution in [0.1, 0.15) is 182 Å². The van der Waals surface area contributed by atoms with Crippen molar-refractivity contribution in [2.75, 3.05) is 39.5 Å². The van der Waals surface area contributed by atoms with Crippen molar-refractivity contribution in [1.29, 1.82) is 0 Å². The van der Waals surface area contributed by atoms with Crippen molar-refractivity contribution < 1.29 is 10.5 Å². The fourth-order valence-corrected chi connectivity index (χ4v) is 4.63. The van der Waals surface area contributed by atoms with Crippen LogP contribution in [0.2, 0.25) is 0 Å². The first-order valence-corrected chi connectivity index (χ1v) is 23.6. The summed E-state index contributed by atoms with van der Waals surface area (Å²) in [6.45, 7) is 53.5. The molecule has 0 atom stereocenters. The number of hydrogen-bond donors (Lipinski definition) is 2. The first kappa shape index (κ1) is 74.2. The summed E-state index contributed by atoms with van der Waals surface area (Å²) >= 11 is 1.74. The van der Waals surface area contributed by atoms with Gasteiger partial charge in [-0.2, -0.15) is 0 Å². The zero-order chi connectivity index (χ0) is 45.3. The van der Waals surface area contributed by atoms with E-state index in [1.54, 1.807) is 11.8 Å². The molecule has 2 aliphatic rings. The van der Waals surface area contributed by atoms with Gasteiger partial charge in [0.2, 0.25) is 0 Å². The Morgan fingerprint density at radius 2 is 1.25 bits per heavy atom.